The first-order chi connectivity index (χ1) is 37.4. The smallest absolute Gasteiger partial charge is 0.329 e. The lowest BCUT2D eigenvalue weighted by Crippen LogP contribution is -2.60. The normalized spacial score (nSPS) is 18.1. The van der Waals surface area contributed by atoms with E-state index in [0.717, 1.165) is 39.1 Å². The van der Waals surface area contributed by atoms with Crippen molar-refractivity contribution >= 4 is 46.9 Å². The second-order valence-electron chi connectivity index (χ2n) is 19.8. The van der Waals surface area contributed by atoms with Gasteiger partial charge in [0.25, 0.3) is 0 Å². The fourth-order valence-electron chi connectivity index (χ4n) is 11.4. The maximum atomic E-state index is 15.0. The number of ether oxygens (including phenoxy) is 1. The van der Waals surface area contributed by atoms with E-state index in [1.54, 1.807) is 0 Å². The monoisotopic (exact) mass is 1050 g/mol. The summed E-state index contributed by atoms with van der Waals surface area (Å²) < 4.78 is 4.44. The molecule has 13 heteroatoms. The Morgan fingerprint density at radius 3 is 1.57 bits per heavy atom. The van der Waals surface area contributed by atoms with Crippen LogP contribution in [-0.4, -0.2) is 83.2 Å². The van der Waals surface area contributed by atoms with E-state index < -0.39 is 70.4 Å². The molecular formula is C64H65N5O7S. The molecule has 3 unspecified atom stereocenters. The molecule has 1 saturated heterocycles. The summed E-state index contributed by atoms with van der Waals surface area (Å²) in [4.78, 5) is 72.5. The Balaban J connectivity index is 0.912. The molecule has 394 valence electrons. The zero-order chi connectivity index (χ0) is 54.0. The number of methoxy groups -OCH3 is 1. The number of ketones is 1. The molecule has 2 aliphatic rings. The first-order valence-electron chi connectivity index (χ1n) is 26.3. The summed E-state index contributed by atoms with van der Waals surface area (Å²) >= 11 is 1.50. The number of anilines is 1. The van der Waals surface area contributed by atoms with Gasteiger partial charge in [-0.2, -0.15) is 0 Å². The van der Waals surface area contributed by atoms with Gasteiger partial charge in [-0.15, -0.1) is 11.8 Å². The highest BCUT2D eigenvalue weighted by atomic mass is 32.2. The number of para-hydroxylation sites is 1. The van der Waals surface area contributed by atoms with E-state index in [9.17, 15) is 24.3 Å². The molecular weight excluding hydrogens is 983 g/mol. The van der Waals surface area contributed by atoms with E-state index in [1.165, 1.54) is 18.9 Å². The Kier molecular flexibility index (Phi) is 16.8. The highest BCUT2D eigenvalue weighted by Crippen LogP contribution is 2.56. The number of hydrogen-bond donors (Lipinski definition) is 5. The SMILES string of the molecule is CC[C@H](C)[C@H](NC(=O)CNC(=O)C1CC2(O)c3ccccc3NC2N1C(c1ccccc1)(c1ccccc1)c1ccccc1)C(=O)CCC(=O)N[C@@H](CSC(c1ccccc1)(c1ccccc1)c1ccccc1)C(=O)OC. The van der Waals surface area contributed by atoms with Crippen molar-refractivity contribution in [3.8, 4) is 0 Å². The third kappa shape index (κ3) is 10.8. The van der Waals surface area contributed by atoms with Crippen molar-refractivity contribution in [1.82, 2.24) is 20.9 Å². The average Bonchev–Trinajstić information content (AvgIpc) is 4.19. The molecule has 0 bridgehead atoms. The molecule has 12 nitrogen and oxygen atoms in total. The second-order valence-corrected chi connectivity index (χ2v) is 21.0. The second kappa shape index (κ2) is 24.0. The van der Waals surface area contributed by atoms with Crippen LogP contribution < -0.4 is 21.3 Å². The number of hydrogen-bond acceptors (Lipinski definition) is 10. The Labute approximate surface area is 455 Å². The van der Waals surface area contributed by atoms with Crippen LogP contribution >= 0.6 is 11.8 Å². The molecule has 0 saturated carbocycles. The largest absolute Gasteiger partial charge is 0.467 e. The van der Waals surface area contributed by atoms with Gasteiger partial charge in [-0.3, -0.25) is 24.1 Å². The number of nitrogens with one attached hydrogen (secondary N) is 4. The van der Waals surface area contributed by atoms with Crippen molar-refractivity contribution < 1.29 is 33.8 Å². The van der Waals surface area contributed by atoms with Crippen LogP contribution in [0.3, 0.4) is 0 Å². The van der Waals surface area contributed by atoms with Crippen LogP contribution in [0.4, 0.5) is 5.69 Å². The van der Waals surface area contributed by atoms with Crippen LogP contribution in [0.25, 0.3) is 0 Å². The Hall–Kier alpha value is -7.84. The minimum atomic E-state index is -1.52. The zero-order valence-corrected chi connectivity index (χ0v) is 44.3. The summed E-state index contributed by atoms with van der Waals surface area (Å²) in [6.45, 7) is 3.30. The maximum absolute atomic E-state index is 15.0. The van der Waals surface area contributed by atoms with Crippen molar-refractivity contribution in [3.63, 3.8) is 0 Å². The molecule has 5 N–H and O–H groups in total. The molecule has 0 aromatic heterocycles. The number of fused-ring (bicyclic) bond motifs is 3. The number of amides is 3. The first kappa shape index (κ1) is 54.0. The van der Waals surface area contributed by atoms with Gasteiger partial charge in [0, 0.05) is 36.3 Å². The Morgan fingerprint density at radius 1 is 0.649 bits per heavy atom. The van der Waals surface area contributed by atoms with Gasteiger partial charge in [0.1, 0.15) is 17.8 Å². The van der Waals surface area contributed by atoms with Crippen LogP contribution in [-0.2, 0) is 44.6 Å². The van der Waals surface area contributed by atoms with Crippen molar-refractivity contribution in [2.24, 2.45) is 5.92 Å². The molecule has 7 aromatic carbocycles. The van der Waals surface area contributed by atoms with Gasteiger partial charge in [0.2, 0.25) is 17.7 Å². The van der Waals surface area contributed by atoms with Crippen molar-refractivity contribution in [2.75, 3.05) is 24.7 Å². The standard InChI is InChI=1S/C64H65N5O7S/c1-4-44(2)58(55(70)39-40-56(71)66-53(60(74)76-3)43-77-64(48-31-17-8-18-32-48,49-33-19-9-20-34-49)50-35-21-10-22-36-50)68-57(72)42-65-59(73)54-41-62(75)51-37-23-24-38-52(51)67-61(62)69(54)63(45-25-11-5-12-26-45,46-27-13-6-14-28-46)47-29-15-7-16-30-47/h5-38,44,53-54,58,61,67,75H,4,39-43H2,1-3H3,(H,65,73)(H,66,71)(H,68,72)/t44-,53-,54?,58-,61?,62?/m0/s1. The van der Waals surface area contributed by atoms with E-state index in [4.69, 9.17) is 4.74 Å². The molecule has 7 aromatic rings. The lowest BCUT2D eigenvalue weighted by atomic mass is 9.74. The summed E-state index contributed by atoms with van der Waals surface area (Å²) in [5, 5.41) is 25.2. The predicted octanol–water partition coefficient (Wildman–Crippen LogP) is 9.07. The molecule has 0 spiro atoms. The van der Waals surface area contributed by atoms with Crippen molar-refractivity contribution in [1.29, 1.82) is 0 Å². The van der Waals surface area contributed by atoms with Crippen LogP contribution in [0.15, 0.2) is 206 Å². The number of aliphatic hydroxyl groups is 1. The summed E-state index contributed by atoms with van der Waals surface area (Å²) in [6, 6.07) is 64.4. The van der Waals surface area contributed by atoms with E-state index in [1.807, 2.05) is 184 Å². The molecule has 2 aliphatic heterocycles. The quantitative estimate of drug-likeness (QED) is 0.0327. The highest BCUT2D eigenvalue weighted by molar-refractivity contribution is 8.00. The topological polar surface area (TPSA) is 166 Å². The van der Waals surface area contributed by atoms with Crippen LogP contribution in [0, 0.1) is 5.92 Å². The van der Waals surface area contributed by atoms with Gasteiger partial charge in [-0.05, 0) is 45.4 Å². The minimum absolute atomic E-state index is 0.00288. The summed E-state index contributed by atoms with van der Waals surface area (Å²) in [5.74, 6) is -2.77. The first-order valence-corrected chi connectivity index (χ1v) is 27.2. The van der Waals surface area contributed by atoms with E-state index in [-0.39, 0.29) is 36.7 Å². The lowest BCUT2D eigenvalue weighted by molar-refractivity contribution is -0.144. The summed E-state index contributed by atoms with van der Waals surface area (Å²) in [6.07, 6.45) is -0.717. The number of carbonyl (C=O) groups excluding carboxylic acids is 5. The fourth-order valence-corrected chi connectivity index (χ4v) is 12.9. The number of thioether (sulfide) groups is 1. The molecule has 3 amide bonds. The number of nitrogens with zero attached hydrogens (tertiary/aromatic N) is 1. The lowest BCUT2D eigenvalue weighted by Gasteiger charge is -2.48. The number of benzene rings is 7. The van der Waals surface area contributed by atoms with Gasteiger partial charge < -0.3 is 31.1 Å². The molecule has 77 heavy (non-hydrogen) atoms. The van der Waals surface area contributed by atoms with Crippen molar-refractivity contribution in [2.45, 2.75) is 79.7 Å². The van der Waals surface area contributed by atoms with Gasteiger partial charge >= 0.3 is 5.97 Å². The molecule has 0 aliphatic carbocycles. The Morgan fingerprint density at radius 2 is 1.10 bits per heavy atom. The molecule has 2 heterocycles. The van der Waals surface area contributed by atoms with E-state index in [0.29, 0.717) is 12.0 Å². The minimum Gasteiger partial charge on any atom is -0.467 e. The maximum Gasteiger partial charge on any atom is 0.329 e. The zero-order valence-electron chi connectivity index (χ0n) is 43.5. The Bertz CT molecular complexity index is 2940. The third-order valence-corrected chi connectivity index (χ3v) is 16.9. The summed E-state index contributed by atoms with van der Waals surface area (Å²) in [5.41, 5.74) is 4.36. The molecule has 6 atom stereocenters. The average molecular weight is 1050 g/mol. The van der Waals surface area contributed by atoms with Crippen LogP contribution in [0.1, 0.15) is 78.5 Å². The molecule has 9 rings (SSSR count). The number of Topliss-reactive ketones (excluding diaryl/α,β-unsaturated/α-hetero) is 1. The third-order valence-electron chi connectivity index (χ3n) is 15.2. The van der Waals surface area contributed by atoms with Gasteiger partial charge in [-0.25, -0.2) is 4.79 Å². The number of likely N-dealkylation sites (tertiary alicyclic amines) is 1. The number of esters is 1. The van der Waals surface area contributed by atoms with Gasteiger partial charge in [-0.1, -0.05) is 220 Å². The molecule has 0 radical (unpaired) electrons. The van der Waals surface area contributed by atoms with E-state index >= 15 is 4.79 Å². The van der Waals surface area contributed by atoms with Crippen LogP contribution in [0.5, 0.6) is 0 Å². The predicted molar refractivity (Wildman–Crippen MR) is 301 cm³/mol. The summed E-state index contributed by atoms with van der Waals surface area (Å²) in [7, 11) is 1.28. The number of carbonyl (C=O) groups is 5. The van der Waals surface area contributed by atoms with E-state index in [2.05, 4.69) is 62.6 Å². The molecule has 1 fully saturated rings. The highest BCUT2D eigenvalue weighted by Gasteiger charge is 2.64. The number of rotatable bonds is 22. The fraction of sp³-hybridized carbons (Fsp3) is 0.266. The van der Waals surface area contributed by atoms with Crippen molar-refractivity contribution in [3.05, 3.63) is 245 Å². The van der Waals surface area contributed by atoms with Crippen LogP contribution in [0.2, 0.25) is 0 Å². The van der Waals surface area contributed by atoms with Gasteiger partial charge in [0.15, 0.2) is 5.78 Å². The van der Waals surface area contributed by atoms with Gasteiger partial charge in [0.05, 0.1) is 36.0 Å².